The quantitative estimate of drug-likeness (QED) is 0.125. The van der Waals surface area contributed by atoms with Crippen LogP contribution in [0.4, 0.5) is 0 Å². The van der Waals surface area contributed by atoms with Crippen molar-refractivity contribution in [2.45, 2.75) is 30.2 Å². The number of hydrogen-bond donors (Lipinski definition) is 0. The molecule has 9 heterocycles. The number of hydrogen-bond acceptors (Lipinski definition) is 12. The first-order valence-electron chi connectivity index (χ1n) is 19.7. The van der Waals surface area contributed by atoms with Crippen molar-refractivity contribution in [1.82, 2.24) is 29.9 Å². The number of fused-ring (bicyclic) bond motifs is 9. The van der Waals surface area contributed by atoms with Gasteiger partial charge in [-0.25, -0.2) is 29.9 Å². The topological polar surface area (TPSA) is 117 Å². The van der Waals surface area contributed by atoms with E-state index in [4.69, 9.17) is 43.2 Å². The van der Waals surface area contributed by atoms with Gasteiger partial charge in [-0.05, 0) is 52.8 Å². The van der Waals surface area contributed by atoms with Crippen molar-refractivity contribution < 1.29 is 13.3 Å². The fourth-order valence-electron chi connectivity index (χ4n) is 9.45. The SMILES string of the molecule is c1ccc2c(c1)oc1cccc(-c3nc4c5c(n3)Sc3nc(-c6cccc7oc8ccccc8c67)nc6c3B5c3c(nc(-c5cccc7oc8ccccc8c57)nc3S6)S4)c12. The van der Waals surface area contributed by atoms with Gasteiger partial charge in [-0.3, -0.25) is 0 Å². The van der Waals surface area contributed by atoms with Crippen LogP contribution in [0.3, 0.4) is 0 Å². The number of para-hydroxylation sites is 3. The summed E-state index contributed by atoms with van der Waals surface area (Å²) in [5, 5.41) is 11.2. The van der Waals surface area contributed by atoms with Crippen molar-refractivity contribution >= 4 is 124 Å². The Morgan fingerprint density at radius 2 is 0.590 bits per heavy atom. The molecule has 0 fully saturated rings. The molecule has 0 N–H and O–H groups in total. The maximum absolute atomic E-state index is 6.32. The van der Waals surface area contributed by atoms with Gasteiger partial charge in [0.2, 0.25) is 0 Å². The van der Waals surface area contributed by atoms with Crippen LogP contribution in [0.2, 0.25) is 0 Å². The Morgan fingerprint density at radius 1 is 0.311 bits per heavy atom. The van der Waals surface area contributed by atoms with Crippen molar-refractivity contribution in [3.63, 3.8) is 0 Å². The summed E-state index contributed by atoms with van der Waals surface area (Å²) in [6.07, 6.45) is 0. The number of rotatable bonds is 3. The second-order valence-corrected chi connectivity index (χ2v) is 18.2. The maximum atomic E-state index is 6.32. The number of aromatic nitrogens is 6. The van der Waals surface area contributed by atoms with Crippen molar-refractivity contribution in [2.24, 2.45) is 0 Å². The summed E-state index contributed by atoms with van der Waals surface area (Å²) in [5.41, 5.74) is 10.7. The van der Waals surface area contributed by atoms with Crippen LogP contribution < -0.4 is 16.4 Å². The Balaban J connectivity index is 1.00. The van der Waals surface area contributed by atoms with Gasteiger partial charge in [0.1, 0.15) is 63.7 Å². The molecule has 3 aliphatic rings. The average Bonchev–Trinajstić information content (AvgIpc) is 4.00. The van der Waals surface area contributed by atoms with Gasteiger partial charge < -0.3 is 13.3 Å². The maximum Gasteiger partial charge on any atom is 0.262 e. The van der Waals surface area contributed by atoms with Crippen LogP contribution in [0, 0.1) is 0 Å². The summed E-state index contributed by atoms with van der Waals surface area (Å²) in [4.78, 5) is 32.4. The highest BCUT2D eigenvalue weighted by Crippen LogP contribution is 2.46. The molecule has 0 saturated carbocycles. The summed E-state index contributed by atoms with van der Waals surface area (Å²) < 4.78 is 19.0. The minimum atomic E-state index is -0.248. The molecule has 12 aromatic rings. The van der Waals surface area contributed by atoms with E-state index in [-0.39, 0.29) is 6.71 Å². The molecule has 0 aliphatic carbocycles. The first-order valence-corrected chi connectivity index (χ1v) is 22.2. The normalized spacial score (nSPS) is 13.7. The van der Waals surface area contributed by atoms with Crippen molar-refractivity contribution in [3.8, 4) is 34.2 Å². The Kier molecular flexibility index (Phi) is 6.40. The molecular weight excluding hydrogens is 816 g/mol. The highest BCUT2D eigenvalue weighted by molar-refractivity contribution is 8.02. The van der Waals surface area contributed by atoms with Crippen LogP contribution in [0.25, 0.3) is 100.0 Å². The fraction of sp³-hybridized carbons (Fsp3) is 0. The zero-order chi connectivity index (χ0) is 39.5. The minimum Gasteiger partial charge on any atom is -0.456 e. The monoisotopic (exact) mass is 836 g/mol. The van der Waals surface area contributed by atoms with Gasteiger partial charge >= 0.3 is 0 Å². The Morgan fingerprint density at radius 3 is 0.902 bits per heavy atom. The second-order valence-electron chi connectivity index (χ2n) is 15.3. The lowest BCUT2D eigenvalue weighted by Gasteiger charge is -2.35. The van der Waals surface area contributed by atoms with Gasteiger partial charge in [0.05, 0.1) is 0 Å². The van der Waals surface area contributed by atoms with Crippen molar-refractivity contribution in [2.75, 3.05) is 0 Å². The Hall–Kier alpha value is -6.93. The van der Waals surface area contributed by atoms with E-state index >= 15 is 0 Å². The van der Waals surface area contributed by atoms with Gasteiger partial charge in [0, 0.05) is 49.0 Å². The molecule has 0 spiro atoms. The predicted octanol–water partition coefficient (Wildman–Crippen LogP) is 10.7. The van der Waals surface area contributed by atoms with Gasteiger partial charge in [0.15, 0.2) is 17.5 Å². The highest BCUT2D eigenvalue weighted by atomic mass is 32.2. The van der Waals surface area contributed by atoms with Crippen LogP contribution in [0.15, 0.2) is 171 Å². The average molecular weight is 837 g/mol. The molecule has 0 radical (unpaired) electrons. The molecule has 0 bridgehead atoms. The summed E-state index contributed by atoms with van der Waals surface area (Å²) in [5.74, 6) is 1.86. The smallest absolute Gasteiger partial charge is 0.262 e. The van der Waals surface area contributed by atoms with E-state index < -0.39 is 0 Å². The minimum absolute atomic E-state index is 0.248. The molecule has 0 saturated heterocycles. The third kappa shape index (κ3) is 4.47. The zero-order valence-corrected chi connectivity index (χ0v) is 33.8. The molecule has 282 valence electrons. The van der Waals surface area contributed by atoms with Crippen LogP contribution >= 0.6 is 35.3 Å². The molecule has 6 aromatic carbocycles. The summed E-state index contributed by atoms with van der Waals surface area (Å²) in [6, 6.07) is 42.7. The number of nitrogens with zero attached hydrogens (tertiary/aromatic N) is 6. The lowest BCUT2D eigenvalue weighted by molar-refractivity contribution is 0.668. The number of furan rings is 3. The lowest BCUT2D eigenvalue weighted by Crippen LogP contribution is -2.62. The molecule has 15 rings (SSSR count). The third-order valence-corrected chi connectivity index (χ3v) is 15.0. The van der Waals surface area contributed by atoms with E-state index in [1.54, 1.807) is 35.3 Å². The van der Waals surface area contributed by atoms with Gasteiger partial charge in [-0.1, -0.05) is 126 Å². The van der Waals surface area contributed by atoms with Gasteiger partial charge in [0.25, 0.3) is 6.71 Å². The Labute approximate surface area is 357 Å². The molecule has 0 amide bonds. The molecule has 13 heteroatoms. The van der Waals surface area contributed by atoms with Crippen molar-refractivity contribution in [1.29, 1.82) is 0 Å². The van der Waals surface area contributed by atoms with E-state index in [1.807, 2.05) is 91.0 Å². The summed E-state index contributed by atoms with van der Waals surface area (Å²) in [6.45, 7) is -0.248. The largest absolute Gasteiger partial charge is 0.456 e. The van der Waals surface area contributed by atoms with E-state index in [1.165, 1.54) is 0 Å². The lowest BCUT2D eigenvalue weighted by atomic mass is 9.37. The summed E-state index contributed by atoms with van der Waals surface area (Å²) >= 11 is 4.75. The molecule has 0 unspecified atom stereocenters. The van der Waals surface area contributed by atoms with E-state index in [2.05, 4.69) is 36.4 Å². The van der Waals surface area contributed by atoms with E-state index in [9.17, 15) is 0 Å². The van der Waals surface area contributed by atoms with Crippen LogP contribution in [0.5, 0.6) is 0 Å². The zero-order valence-electron chi connectivity index (χ0n) is 31.3. The van der Waals surface area contributed by atoms with Crippen molar-refractivity contribution in [3.05, 3.63) is 127 Å². The van der Waals surface area contributed by atoms with E-state index in [0.29, 0.717) is 17.5 Å². The molecule has 0 atom stereocenters. The van der Waals surface area contributed by atoms with Gasteiger partial charge in [-0.15, -0.1) is 0 Å². The molecule has 6 aromatic heterocycles. The second kappa shape index (κ2) is 11.9. The molecule has 9 nitrogen and oxygen atoms in total. The molecule has 3 aliphatic heterocycles. The first kappa shape index (κ1) is 32.9. The standard InChI is InChI=1S/C48H21BN6O3S3/c1-4-16-28-22(10-1)34-25(13-7-19-31(34)56-28)40-50-43-37-44(51-40)60-46-39-48(55-42(53-46)27-15-9-21-33-36(27)24-12-3-6-18-30(24)58-33)61-47-38(49(37)39)45(59-43)52-41(54-47)26-14-8-20-32-35(26)23-11-2-5-17-29(23)57-32/h1-21H. The highest BCUT2D eigenvalue weighted by Gasteiger charge is 2.48. The number of benzene rings is 6. The van der Waals surface area contributed by atoms with Crippen LogP contribution in [-0.2, 0) is 0 Å². The van der Waals surface area contributed by atoms with Crippen LogP contribution in [0.1, 0.15) is 0 Å². The fourth-order valence-corrected chi connectivity index (χ4v) is 12.9. The van der Waals surface area contributed by atoms with Gasteiger partial charge in [-0.2, -0.15) is 0 Å². The van der Waals surface area contributed by atoms with E-state index in [0.717, 1.165) is 129 Å². The van der Waals surface area contributed by atoms with Crippen LogP contribution in [-0.4, -0.2) is 36.6 Å². The summed E-state index contributed by atoms with van der Waals surface area (Å²) in [7, 11) is 0. The predicted molar refractivity (Wildman–Crippen MR) is 241 cm³/mol. The Bertz CT molecular complexity index is 3500. The molecule has 61 heavy (non-hydrogen) atoms. The molecular formula is C48H21BN6O3S3. The first-order chi connectivity index (χ1) is 30.2. The third-order valence-electron chi connectivity index (χ3n) is 12.0.